The zero-order valence-corrected chi connectivity index (χ0v) is 7.03. The Morgan fingerprint density at radius 2 is 2.11 bits per heavy atom. The van der Waals surface area contributed by atoms with Gasteiger partial charge in [0.2, 0.25) is 0 Å². The molecule has 0 aliphatic rings. The summed E-state index contributed by atoms with van der Waals surface area (Å²) in [6.07, 6.45) is -0.695. The lowest BCUT2D eigenvalue weighted by Gasteiger charge is -2.09. The fourth-order valence-corrected chi connectivity index (χ4v) is 0.963. The first-order valence-corrected chi connectivity index (χ1v) is 5.85. The Hall–Kier alpha value is 0.0969. The fourth-order valence-electron chi connectivity index (χ4n) is 0.356. The smallest absolute Gasteiger partial charge is 0.171 e. The van der Waals surface area contributed by atoms with Gasteiger partial charge in [-0.1, -0.05) is 0 Å². The molecule has 0 heterocycles. The van der Waals surface area contributed by atoms with E-state index in [2.05, 4.69) is 0 Å². The molecule has 0 fully saturated rings. The number of aliphatic hydroxyl groups excluding tert-OH is 2. The average Bonchev–Trinajstić information content (AvgIpc) is 1.83. The molecular weight excluding hydrogens is 136 g/mol. The van der Waals surface area contributed by atoms with Crippen LogP contribution in [0.5, 0.6) is 0 Å². The van der Waals surface area contributed by atoms with Crippen molar-refractivity contribution >= 4 is 9.04 Å². The van der Waals surface area contributed by atoms with Gasteiger partial charge in [-0.2, -0.15) is 0 Å². The van der Waals surface area contributed by atoms with E-state index in [4.69, 9.17) is 14.6 Å². The first-order valence-electron chi connectivity index (χ1n) is 3.07. The second-order valence-corrected chi connectivity index (χ2v) is 4.65. The van der Waals surface area contributed by atoms with Crippen LogP contribution in [0.15, 0.2) is 0 Å². The largest absolute Gasteiger partial charge is 0.418 e. The van der Waals surface area contributed by atoms with E-state index in [-0.39, 0.29) is 13.2 Å². The van der Waals surface area contributed by atoms with Gasteiger partial charge in [-0.15, -0.1) is 0 Å². The molecule has 4 heteroatoms. The van der Waals surface area contributed by atoms with Gasteiger partial charge in [0.1, 0.15) is 0 Å². The molecule has 2 N–H and O–H groups in total. The molecule has 1 atom stereocenters. The van der Waals surface area contributed by atoms with E-state index in [1.54, 1.807) is 0 Å². The van der Waals surface area contributed by atoms with Gasteiger partial charge in [-0.25, -0.2) is 0 Å². The van der Waals surface area contributed by atoms with Crippen molar-refractivity contribution in [3.8, 4) is 0 Å². The monoisotopic (exact) mass is 150 g/mol. The highest BCUT2D eigenvalue weighted by Crippen LogP contribution is 1.87. The van der Waals surface area contributed by atoms with Crippen molar-refractivity contribution in [3.63, 3.8) is 0 Å². The lowest BCUT2D eigenvalue weighted by molar-refractivity contribution is 0.0533. The molecule has 56 valence electrons. The predicted octanol–water partition coefficient (Wildman–Crippen LogP) is -0.660. The van der Waals surface area contributed by atoms with Crippen molar-refractivity contribution in [2.75, 3.05) is 13.2 Å². The van der Waals surface area contributed by atoms with Crippen LogP contribution < -0.4 is 0 Å². The maximum absolute atomic E-state index is 8.75. The zero-order chi connectivity index (χ0) is 7.28. The third kappa shape index (κ3) is 5.98. The van der Waals surface area contributed by atoms with Crippen molar-refractivity contribution in [1.29, 1.82) is 0 Å². The summed E-state index contributed by atoms with van der Waals surface area (Å²) < 4.78 is 5.12. The standard InChI is InChI=1S/C5H14O3Si/c1-9(2)8-4-5(7)3-6/h5-7,9H,3-4H2,1-2H3. The van der Waals surface area contributed by atoms with E-state index in [1.807, 2.05) is 13.1 Å². The third-order valence-corrected chi connectivity index (χ3v) is 1.69. The topological polar surface area (TPSA) is 49.7 Å². The maximum Gasteiger partial charge on any atom is 0.171 e. The van der Waals surface area contributed by atoms with Crippen LogP contribution in [-0.4, -0.2) is 38.6 Å². The molecule has 0 rings (SSSR count). The Morgan fingerprint density at radius 1 is 1.56 bits per heavy atom. The molecule has 0 aromatic heterocycles. The Kier molecular flexibility index (Phi) is 4.98. The van der Waals surface area contributed by atoms with Crippen molar-refractivity contribution in [2.45, 2.75) is 19.2 Å². The van der Waals surface area contributed by atoms with E-state index in [1.165, 1.54) is 0 Å². The molecule has 3 nitrogen and oxygen atoms in total. The molecule has 0 aliphatic heterocycles. The Labute approximate surface area is 57.0 Å². The normalized spacial score (nSPS) is 14.3. The van der Waals surface area contributed by atoms with Crippen molar-refractivity contribution in [2.24, 2.45) is 0 Å². The quantitative estimate of drug-likeness (QED) is 0.523. The summed E-state index contributed by atoms with van der Waals surface area (Å²) in [5.41, 5.74) is 0. The molecule has 1 unspecified atom stereocenters. The van der Waals surface area contributed by atoms with Crippen LogP contribution in [0.3, 0.4) is 0 Å². The van der Waals surface area contributed by atoms with Crippen molar-refractivity contribution in [3.05, 3.63) is 0 Å². The minimum Gasteiger partial charge on any atom is -0.418 e. The van der Waals surface area contributed by atoms with E-state index in [9.17, 15) is 0 Å². The van der Waals surface area contributed by atoms with E-state index in [0.717, 1.165) is 0 Å². The number of hydrogen-bond acceptors (Lipinski definition) is 3. The average molecular weight is 150 g/mol. The minimum atomic E-state index is -1.01. The highest BCUT2D eigenvalue weighted by Gasteiger charge is 2.02. The Bertz CT molecular complexity index is 67.2. The number of rotatable bonds is 4. The van der Waals surface area contributed by atoms with Gasteiger partial charge in [0.05, 0.1) is 19.3 Å². The summed E-state index contributed by atoms with van der Waals surface area (Å²) in [5.74, 6) is 0. The van der Waals surface area contributed by atoms with Crippen LogP contribution >= 0.6 is 0 Å². The van der Waals surface area contributed by atoms with Gasteiger partial charge in [-0.3, -0.25) is 0 Å². The van der Waals surface area contributed by atoms with Crippen molar-refractivity contribution < 1.29 is 14.6 Å². The van der Waals surface area contributed by atoms with Crippen LogP contribution in [0.4, 0.5) is 0 Å². The summed E-state index contributed by atoms with van der Waals surface area (Å²) >= 11 is 0. The molecule has 0 saturated heterocycles. The summed E-state index contributed by atoms with van der Waals surface area (Å²) in [6, 6.07) is 0. The van der Waals surface area contributed by atoms with E-state index in [0.29, 0.717) is 0 Å². The minimum absolute atomic E-state index is 0.207. The third-order valence-electron chi connectivity index (χ3n) is 0.833. The second kappa shape index (κ2) is 4.93. The molecule has 0 aliphatic carbocycles. The van der Waals surface area contributed by atoms with Crippen LogP contribution in [0.2, 0.25) is 13.1 Å². The molecular formula is C5H14O3Si. The lowest BCUT2D eigenvalue weighted by atomic mass is 10.4. The Morgan fingerprint density at radius 3 is 2.44 bits per heavy atom. The van der Waals surface area contributed by atoms with Gasteiger partial charge >= 0.3 is 0 Å². The molecule has 0 spiro atoms. The summed E-state index contributed by atoms with van der Waals surface area (Å²) in [5, 5.41) is 17.1. The molecule has 0 aromatic rings. The van der Waals surface area contributed by atoms with Crippen molar-refractivity contribution in [1.82, 2.24) is 0 Å². The number of hydrogen-bond donors (Lipinski definition) is 2. The number of aliphatic hydroxyl groups is 2. The second-order valence-electron chi connectivity index (χ2n) is 2.22. The first kappa shape index (κ1) is 9.10. The Balaban J connectivity index is 3.06. The molecule has 0 amide bonds. The van der Waals surface area contributed by atoms with Gasteiger partial charge < -0.3 is 14.6 Å². The van der Waals surface area contributed by atoms with Gasteiger partial charge in [-0.05, 0) is 13.1 Å². The van der Waals surface area contributed by atoms with Gasteiger partial charge in [0.25, 0.3) is 0 Å². The summed E-state index contributed by atoms with van der Waals surface area (Å²) in [7, 11) is -1.01. The summed E-state index contributed by atoms with van der Waals surface area (Å²) in [4.78, 5) is 0. The molecule has 0 aromatic carbocycles. The molecule has 9 heavy (non-hydrogen) atoms. The van der Waals surface area contributed by atoms with E-state index < -0.39 is 15.1 Å². The first-order chi connectivity index (χ1) is 4.16. The van der Waals surface area contributed by atoms with Crippen LogP contribution in [0.25, 0.3) is 0 Å². The zero-order valence-electron chi connectivity index (χ0n) is 5.87. The van der Waals surface area contributed by atoms with Crippen LogP contribution in [0, 0.1) is 0 Å². The molecule has 0 saturated carbocycles. The predicted molar refractivity (Wildman–Crippen MR) is 37.9 cm³/mol. The maximum atomic E-state index is 8.75. The highest BCUT2D eigenvalue weighted by atomic mass is 28.3. The fraction of sp³-hybridized carbons (Fsp3) is 1.00. The lowest BCUT2D eigenvalue weighted by Crippen LogP contribution is -2.23. The van der Waals surface area contributed by atoms with Gasteiger partial charge in [0, 0.05) is 0 Å². The van der Waals surface area contributed by atoms with Crippen LogP contribution in [0.1, 0.15) is 0 Å². The molecule has 0 radical (unpaired) electrons. The van der Waals surface area contributed by atoms with E-state index >= 15 is 0 Å². The summed E-state index contributed by atoms with van der Waals surface area (Å²) in [6.45, 7) is 4.11. The van der Waals surface area contributed by atoms with Gasteiger partial charge in [0.15, 0.2) is 9.04 Å². The van der Waals surface area contributed by atoms with Crippen LogP contribution in [-0.2, 0) is 4.43 Å². The SMILES string of the molecule is C[SiH](C)OCC(O)CO. The molecule has 0 bridgehead atoms. The highest BCUT2D eigenvalue weighted by molar-refractivity contribution is 6.48.